The van der Waals surface area contributed by atoms with Gasteiger partial charge in [-0.05, 0) is 20.8 Å². The van der Waals surface area contributed by atoms with Crippen LogP contribution < -0.4 is 5.73 Å². The number of ether oxygens (including phenoxy) is 1. The molecular formula is C10H19N3O. The summed E-state index contributed by atoms with van der Waals surface area (Å²) in [4.78, 5) is 4.10. The lowest BCUT2D eigenvalue weighted by molar-refractivity contribution is 0.118. The van der Waals surface area contributed by atoms with E-state index in [4.69, 9.17) is 10.5 Å². The molecule has 0 aliphatic rings. The third kappa shape index (κ3) is 2.56. The van der Waals surface area contributed by atoms with Crippen molar-refractivity contribution in [2.75, 3.05) is 13.2 Å². The molecule has 0 aliphatic heterocycles. The van der Waals surface area contributed by atoms with Gasteiger partial charge in [-0.3, -0.25) is 0 Å². The molecule has 0 bridgehead atoms. The maximum Gasteiger partial charge on any atom is 0.0952 e. The predicted molar refractivity (Wildman–Crippen MR) is 56.0 cm³/mol. The SMILES string of the molecule is CCOCC(C)n1cncc1[C@H](C)N. The summed E-state index contributed by atoms with van der Waals surface area (Å²) in [5, 5.41) is 0. The van der Waals surface area contributed by atoms with Crippen LogP contribution in [0.3, 0.4) is 0 Å². The van der Waals surface area contributed by atoms with E-state index >= 15 is 0 Å². The van der Waals surface area contributed by atoms with Crippen LogP contribution in [0.4, 0.5) is 0 Å². The second kappa shape index (κ2) is 5.12. The van der Waals surface area contributed by atoms with E-state index in [-0.39, 0.29) is 6.04 Å². The van der Waals surface area contributed by atoms with Gasteiger partial charge in [-0.1, -0.05) is 0 Å². The minimum absolute atomic E-state index is 0.0153. The van der Waals surface area contributed by atoms with Crippen molar-refractivity contribution in [3.05, 3.63) is 18.2 Å². The molecule has 0 aromatic carbocycles. The molecule has 0 spiro atoms. The second-order valence-electron chi connectivity index (χ2n) is 3.52. The molecule has 0 fully saturated rings. The van der Waals surface area contributed by atoms with Crippen molar-refractivity contribution in [2.45, 2.75) is 32.9 Å². The van der Waals surface area contributed by atoms with Gasteiger partial charge in [0.05, 0.1) is 24.7 Å². The third-order valence-electron chi connectivity index (χ3n) is 2.20. The Morgan fingerprint density at radius 2 is 2.29 bits per heavy atom. The van der Waals surface area contributed by atoms with E-state index in [1.54, 1.807) is 0 Å². The number of nitrogens with two attached hydrogens (primary N) is 1. The van der Waals surface area contributed by atoms with Crippen LogP contribution in [0.1, 0.15) is 38.5 Å². The first-order valence-corrected chi connectivity index (χ1v) is 5.01. The van der Waals surface area contributed by atoms with Crippen molar-refractivity contribution in [3.63, 3.8) is 0 Å². The maximum absolute atomic E-state index is 5.82. The Labute approximate surface area is 85.1 Å². The Hall–Kier alpha value is -0.870. The standard InChI is InChI=1S/C10H19N3O/c1-4-14-6-8(2)13-7-12-5-10(13)9(3)11/h5,7-9H,4,6,11H2,1-3H3/t8?,9-/m0/s1. The molecule has 4 nitrogen and oxygen atoms in total. The first-order chi connectivity index (χ1) is 6.66. The summed E-state index contributed by atoms with van der Waals surface area (Å²) in [6.07, 6.45) is 3.62. The zero-order chi connectivity index (χ0) is 10.6. The van der Waals surface area contributed by atoms with E-state index in [1.807, 2.05) is 26.4 Å². The molecule has 0 saturated carbocycles. The number of hydrogen-bond donors (Lipinski definition) is 1. The molecular weight excluding hydrogens is 178 g/mol. The van der Waals surface area contributed by atoms with Crippen molar-refractivity contribution < 1.29 is 4.74 Å². The number of rotatable bonds is 5. The Balaban J connectivity index is 2.68. The highest BCUT2D eigenvalue weighted by atomic mass is 16.5. The molecule has 1 rings (SSSR count). The minimum Gasteiger partial charge on any atom is -0.380 e. The van der Waals surface area contributed by atoms with Crippen molar-refractivity contribution in [1.29, 1.82) is 0 Å². The van der Waals surface area contributed by atoms with Gasteiger partial charge >= 0.3 is 0 Å². The lowest BCUT2D eigenvalue weighted by Gasteiger charge is -2.17. The summed E-state index contributed by atoms with van der Waals surface area (Å²) in [5.41, 5.74) is 6.88. The molecule has 2 atom stereocenters. The van der Waals surface area contributed by atoms with Gasteiger partial charge in [-0.15, -0.1) is 0 Å². The quantitative estimate of drug-likeness (QED) is 0.778. The molecule has 14 heavy (non-hydrogen) atoms. The van der Waals surface area contributed by atoms with Gasteiger partial charge in [0.15, 0.2) is 0 Å². The topological polar surface area (TPSA) is 53.1 Å². The predicted octanol–water partition coefficient (Wildman–Crippen LogP) is 1.50. The summed E-state index contributed by atoms with van der Waals surface area (Å²) in [6, 6.07) is 0.306. The lowest BCUT2D eigenvalue weighted by atomic mass is 10.2. The highest BCUT2D eigenvalue weighted by Crippen LogP contribution is 2.15. The van der Waals surface area contributed by atoms with E-state index in [9.17, 15) is 0 Å². The molecule has 2 N–H and O–H groups in total. The molecule has 1 heterocycles. The number of nitrogens with zero attached hydrogens (tertiary/aromatic N) is 2. The van der Waals surface area contributed by atoms with Crippen molar-refractivity contribution in [1.82, 2.24) is 9.55 Å². The summed E-state index contributed by atoms with van der Waals surface area (Å²) >= 11 is 0. The Bertz CT molecular complexity index is 270. The first-order valence-electron chi connectivity index (χ1n) is 5.01. The van der Waals surface area contributed by atoms with Crippen LogP contribution in [-0.4, -0.2) is 22.8 Å². The number of aromatic nitrogens is 2. The molecule has 0 aliphatic carbocycles. The Morgan fingerprint density at radius 3 is 2.86 bits per heavy atom. The zero-order valence-corrected chi connectivity index (χ0v) is 9.10. The van der Waals surface area contributed by atoms with Gasteiger partial charge in [0.2, 0.25) is 0 Å². The van der Waals surface area contributed by atoms with E-state index in [2.05, 4.69) is 16.5 Å². The highest BCUT2D eigenvalue weighted by molar-refractivity contribution is 5.04. The normalized spacial score (nSPS) is 15.4. The number of imidazole rings is 1. The van der Waals surface area contributed by atoms with Gasteiger partial charge in [0.25, 0.3) is 0 Å². The van der Waals surface area contributed by atoms with Crippen LogP contribution >= 0.6 is 0 Å². The third-order valence-corrected chi connectivity index (χ3v) is 2.20. The first kappa shape index (κ1) is 11.2. The molecule has 0 saturated heterocycles. The average molecular weight is 197 g/mol. The molecule has 80 valence electrons. The Morgan fingerprint density at radius 1 is 1.57 bits per heavy atom. The number of hydrogen-bond acceptors (Lipinski definition) is 3. The fourth-order valence-electron chi connectivity index (χ4n) is 1.40. The van der Waals surface area contributed by atoms with Crippen LogP contribution in [0.15, 0.2) is 12.5 Å². The second-order valence-corrected chi connectivity index (χ2v) is 3.52. The van der Waals surface area contributed by atoms with Crippen LogP contribution in [0, 0.1) is 0 Å². The minimum atomic E-state index is 0.0153. The largest absolute Gasteiger partial charge is 0.380 e. The molecule has 1 aromatic heterocycles. The molecule has 4 heteroatoms. The summed E-state index contributed by atoms with van der Waals surface area (Å²) in [6.45, 7) is 7.50. The lowest BCUT2D eigenvalue weighted by Crippen LogP contribution is -2.18. The van der Waals surface area contributed by atoms with Gasteiger partial charge in [0, 0.05) is 18.8 Å². The fourth-order valence-corrected chi connectivity index (χ4v) is 1.40. The molecule has 0 radical (unpaired) electrons. The van der Waals surface area contributed by atoms with Crippen LogP contribution in [0.2, 0.25) is 0 Å². The van der Waals surface area contributed by atoms with Crippen molar-refractivity contribution in [2.24, 2.45) is 5.73 Å². The summed E-state index contributed by atoms with van der Waals surface area (Å²) in [5.74, 6) is 0. The zero-order valence-electron chi connectivity index (χ0n) is 9.10. The van der Waals surface area contributed by atoms with Gasteiger partial charge < -0.3 is 15.0 Å². The van der Waals surface area contributed by atoms with Crippen LogP contribution in [0.5, 0.6) is 0 Å². The maximum atomic E-state index is 5.82. The summed E-state index contributed by atoms with van der Waals surface area (Å²) in [7, 11) is 0. The van der Waals surface area contributed by atoms with Crippen LogP contribution in [-0.2, 0) is 4.74 Å². The molecule has 0 amide bonds. The van der Waals surface area contributed by atoms with E-state index in [1.165, 1.54) is 0 Å². The van der Waals surface area contributed by atoms with Crippen molar-refractivity contribution >= 4 is 0 Å². The van der Waals surface area contributed by atoms with Gasteiger partial charge in [-0.25, -0.2) is 4.98 Å². The van der Waals surface area contributed by atoms with Crippen molar-refractivity contribution in [3.8, 4) is 0 Å². The average Bonchev–Trinajstić information content (AvgIpc) is 2.62. The Kier molecular flexibility index (Phi) is 4.10. The van der Waals surface area contributed by atoms with E-state index in [0.29, 0.717) is 12.6 Å². The highest BCUT2D eigenvalue weighted by Gasteiger charge is 2.11. The fraction of sp³-hybridized carbons (Fsp3) is 0.700. The molecule has 1 unspecified atom stereocenters. The van der Waals surface area contributed by atoms with E-state index in [0.717, 1.165) is 12.3 Å². The smallest absolute Gasteiger partial charge is 0.0952 e. The van der Waals surface area contributed by atoms with Gasteiger partial charge in [-0.2, -0.15) is 0 Å². The van der Waals surface area contributed by atoms with Crippen LogP contribution in [0.25, 0.3) is 0 Å². The summed E-state index contributed by atoms with van der Waals surface area (Å²) < 4.78 is 7.43. The monoisotopic (exact) mass is 197 g/mol. The molecule has 1 aromatic rings. The van der Waals surface area contributed by atoms with E-state index < -0.39 is 0 Å². The van der Waals surface area contributed by atoms with Gasteiger partial charge in [0.1, 0.15) is 0 Å².